The molecule has 4 rings (SSSR count). The molecule has 1 fully saturated rings. The van der Waals surface area contributed by atoms with Crippen molar-refractivity contribution in [2.75, 3.05) is 19.6 Å². The zero-order chi connectivity index (χ0) is 18.8. The molecule has 2 aromatic carbocycles. The van der Waals surface area contributed by atoms with Crippen molar-refractivity contribution in [2.45, 2.75) is 18.8 Å². The zero-order valence-corrected chi connectivity index (χ0v) is 15.0. The summed E-state index contributed by atoms with van der Waals surface area (Å²) in [5.41, 5.74) is 8.13. The van der Waals surface area contributed by atoms with Crippen molar-refractivity contribution >= 4 is 22.7 Å². The van der Waals surface area contributed by atoms with Crippen molar-refractivity contribution in [3.8, 4) is 0 Å². The summed E-state index contributed by atoms with van der Waals surface area (Å²) in [6, 6.07) is 14.8. The number of fused-ring (bicyclic) bond motifs is 1. The number of nitrogens with zero attached hydrogens (tertiary/aromatic N) is 2. The Labute approximate surface area is 157 Å². The highest BCUT2D eigenvalue weighted by molar-refractivity contribution is 6.04. The fraction of sp³-hybridized carbons (Fsp3) is 0.286. The van der Waals surface area contributed by atoms with Gasteiger partial charge < -0.3 is 15.6 Å². The second-order valence-corrected chi connectivity index (χ2v) is 7.01. The summed E-state index contributed by atoms with van der Waals surface area (Å²) in [6.07, 6.45) is 1.49. The summed E-state index contributed by atoms with van der Waals surface area (Å²) in [6.45, 7) is 2.54. The summed E-state index contributed by atoms with van der Waals surface area (Å²) in [4.78, 5) is 34.1. The van der Waals surface area contributed by atoms with E-state index >= 15 is 0 Å². The molecule has 1 aromatic heterocycles. The molecule has 1 saturated heterocycles. The van der Waals surface area contributed by atoms with Gasteiger partial charge in [-0.25, -0.2) is 4.98 Å². The molecule has 0 saturated carbocycles. The number of H-pyrrole nitrogens is 1. The molecule has 1 aliphatic heterocycles. The molecule has 1 amide bonds. The normalized spacial score (nSPS) is 17.4. The minimum absolute atomic E-state index is 0.175. The van der Waals surface area contributed by atoms with Crippen LogP contribution in [0.15, 0.2) is 48.5 Å². The van der Waals surface area contributed by atoms with Crippen LogP contribution in [-0.2, 0) is 0 Å². The van der Waals surface area contributed by atoms with Gasteiger partial charge in [0.1, 0.15) is 11.3 Å². The predicted molar refractivity (Wildman–Crippen MR) is 104 cm³/mol. The molecule has 2 heterocycles. The number of ketones is 1. The first-order valence-corrected chi connectivity index (χ1v) is 9.21. The Balaban J connectivity index is 1.41. The number of primary amides is 1. The molecule has 0 aliphatic carbocycles. The van der Waals surface area contributed by atoms with E-state index in [1.54, 1.807) is 12.1 Å². The van der Waals surface area contributed by atoms with E-state index in [9.17, 15) is 9.59 Å². The Hall–Kier alpha value is -2.99. The number of likely N-dealkylation sites (tertiary alicyclic amines) is 1. The van der Waals surface area contributed by atoms with E-state index in [2.05, 4.69) is 14.9 Å². The van der Waals surface area contributed by atoms with Gasteiger partial charge in [-0.3, -0.25) is 9.59 Å². The molecule has 138 valence electrons. The quantitative estimate of drug-likeness (QED) is 0.660. The van der Waals surface area contributed by atoms with Gasteiger partial charge in [0.25, 0.3) is 5.91 Å². The Morgan fingerprint density at radius 1 is 1.15 bits per heavy atom. The Morgan fingerprint density at radius 3 is 2.74 bits per heavy atom. The number of aromatic amines is 1. The fourth-order valence-electron chi connectivity index (χ4n) is 3.73. The molecule has 6 nitrogen and oxygen atoms in total. The molecule has 0 bridgehead atoms. The fourth-order valence-corrected chi connectivity index (χ4v) is 3.73. The van der Waals surface area contributed by atoms with Crippen molar-refractivity contribution in [1.29, 1.82) is 0 Å². The van der Waals surface area contributed by atoms with Crippen LogP contribution < -0.4 is 5.73 Å². The number of carbonyl (C=O) groups excluding carboxylic acids is 2. The van der Waals surface area contributed by atoms with Crippen LogP contribution in [0.5, 0.6) is 0 Å². The average Bonchev–Trinajstić information content (AvgIpc) is 3.33. The van der Waals surface area contributed by atoms with Crippen LogP contribution >= 0.6 is 0 Å². The van der Waals surface area contributed by atoms with E-state index in [0.717, 1.165) is 43.0 Å². The molecule has 6 heteroatoms. The molecule has 3 aromatic rings. The number of aromatic nitrogens is 2. The third-order valence-electron chi connectivity index (χ3n) is 5.21. The van der Waals surface area contributed by atoms with Crippen molar-refractivity contribution in [2.24, 2.45) is 5.73 Å². The second-order valence-electron chi connectivity index (χ2n) is 7.01. The van der Waals surface area contributed by atoms with Crippen LogP contribution in [0.1, 0.15) is 45.3 Å². The van der Waals surface area contributed by atoms with Crippen LogP contribution in [0, 0.1) is 0 Å². The van der Waals surface area contributed by atoms with Gasteiger partial charge in [0.2, 0.25) is 0 Å². The van der Waals surface area contributed by atoms with E-state index in [4.69, 9.17) is 5.73 Å². The van der Waals surface area contributed by atoms with Crippen molar-refractivity contribution < 1.29 is 9.59 Å². The maximum atomic E-state index is 12.3. The summed E-state index contributed by atoms with van der Waals surface area (Å²) in [7, 11) is 0. The second kappa shape index (κ2) is 7.32. The van der Waals surface area contributed by atoms with Gasteiger partial charge in [-0.1, -0.05) is 36.4 Å². The number of carbonyl (C=O) groups is 2. The molecule has 3 N–H and O–H groups in total. The van der Waals surface area contributed by atoms with Gasteiger partial charge in [-0.05, 0) is 25.1 Å². The van der Waals surface area contributed by atoms with E-state index in [0.29, 0.717) is 17.5 Å². The topological polar surface area (TPSA) is 92.1 Å². The average molecular weight is 362 g/mol. The minimum atomic E-state index is -0.467. The standard InChI is InChI=1S/C21H22N4O2/c22-20(27)16-7-4-8-17-19(16)24-21(23-17)15-9-11-25(13-15)12-10-18(26)14-5-2-1-3-6-14/h1-8,15H,9-13H2,(H2,22,27)(H,23,24). The first kappa shape index (κ1) is 17.4. The van der Waals surface area contributed by atoms with Crippen molar-refractivity contribution in [3.05, 3.63) is 65.5 Å². The summed E-state index contributed by atoms with van der Waals surface area (Å²) in [5.74, 6) is 0.862. The molecule has 1 atom stereocenters. The number of benzene rings is 2. The molecular weight excluding hydrogens is 340 g/mol. The van der Waals surface area contributed by atoms with Gasteiger partial charge in [-0.15, -0.1) is 0 Å². The number of hydrogen-bond donors (Lipinski definition) is 2. The lowest BCUT2D eigenvalue weighted by Gasteiger charge is -2.14. The third-order valence-corrected chi connectivity index (χ3v) is 5.21. The lowest BCUT2D eigenvalue weighted by molar-refractivity contribution is 0.0966. The maximum Gasteiger partial charge on any atom is 0.250 e. The number of para-hydroxylation sites is 1. The van der Waals surface area contributed by atoms with E-state index < -0.39 is 5.91 Å². The number of imidazole rings is 1. The molecule has 0 spiro atoms. The van der Waals surface area contributed by atoms with E-state index in [1.807, 2.05) is 36.4 Å². The highest BCUT2D eigenvalue weighted by Crippen LogP contribution is 2.28. The number of nitrogens with two attached hydrogens (primary N) is 1. The Morgan fingerprint density at radius 2 is 1.96 bits per heavy atom. The SMILES string of the molecule is NC(=O)c1cccc2[nH]c(C3CCN(CCC(=O)c4ccccc4)C3)nc12. The summed E-state index contributed by atoms with van der Waals surface area (Å²) >= 11 is 0. The van der Waals surface area contributed by atoms with Crippen molar-refractivity contribution in [1.82, 2.24) is 14.9 Å². The monoisotopic (exact) mass is 362 g/mol. The minimum Gasteiger partial charge on any atom is -0.366 e. The van der Waals surface area contributed by atoms with Crippen LogP contribution in [0.2, 0.25) is 0 Å². The maximum absolute atomic E-state index is 12.3. The highest BCUT2D eigenvalue weighted by Gasteiger charge is 2.27. The zero-order valence-electron chi connectivity index (χ0n) is 15.0. The van der Waals surface area contributed by atoms with Crippen LogP contribution in [0.3, 0.4) is 0 Å². The van der Waals surface area contributed by atoms with E-state index in [1.165, 1.54) is 0 Å². The summed E-state index contributed by atoms with van der Waals surface area (Å²) in [5, 5.41) is 0. The molecule has 27 heavy (non-hydrogen) atoms. The molecular formula is C21H22N4O2. The Bertz CT molecular complexity index is 980. The lowest BCUT2D eigenvalue weighted by atomic mass is 10.1. The largest absolute Gasteiger partial charge is 0.366 e. The van der Waals surface area contributed by atoms with Crippen LogP contribution in [-0.4, -0.2) is 46.2 Å². The first-order valence-electron chi connectivity index (χ1n) is 9.21. The number of rotatable bonds is 6. The van der Waals surface area contributed by atoms with Gasteiger partial charge in [0.15, 0.2) is 5.78 Å². The Kier molecular flexibility index (Phi) is 4.73. The van der Waals surface area contributed by atoms with Crippen molar-refractivity contribution in [3.63, 3.8) is 0 Å². The van der Waals surface area contributed by atoms with Gasteiger partial charge in [0.05, 0.1) is 11.1 Å². The van der Waals surface area contributed by atoms with E-state index in [-0.39, 0.29) is 11.7 Å². The van der Waals surface area contributed by atoms with Crippen LogP contribution in [0.25, 0.3) is 11.0 Å². The smallest absolute Gasteiger partial charge is 0.250 e. The van der Waals surface area contributed by atoms with Gasteiger partial charge in [0, 0.05) is 31.0 Å². The molecule has 1 aliphatic rings. The van der Waals surface area contributed by atoms with Gasteiger partial charge in [-0.2, -0.15) is 0 Å². The predicted octanol–water partition coefficient (Wildman–Crippen LogP) is 2.72. The number of hydrogen-bond acceptors (Lipinski definition) is 4. The number of nitrogens with one attached hydrogen (secondary N) is 1. The highest BCUT2D eigenvalue weighted by atomic mass is 16.1. The third kappa shape index (κ3) is 3.61. The van der Waals surface area contributed by atoms with Gasteiger partial charge >= 0.3 is 0 Å². The lowest BCUT2D eigenvalue weighted by Crippen LogP contribution is -2.23. The summed E-state index contributed by atoms with van der Waals surface area (Å²) < 4.78 is 0. The van der Waals surface area contributed by atoms with Crippen LogP contribution in [0.4, 0.5) is 0 Å². The first-order chi connectivity index (χ1) is 13.1. The number of Topliss-reactive ketones (excluding diaryl/α,β-unsaturated/α-hetero) is 1. The molecule has 0 radical (unpaired) electrons. The molecule has 1 unspecified atom stereocenters. The number of amides is 1.